The molecule has 2 aromatic rings. The minimum absolute atomic E-state index is 0.0736. The summed E-state index contributed by atoms with van der Waals surface area (Å²) >= 11 is 10.4. The van der Waals surface area contributed by atoms with Gasteiger partial charge in [-0.25, -0.2) is 0 Å². The number of thioether (sulfide) groups is 1. The first-order valence-corrected chi connectivity index (χ1v) is 9.02. The SMILES string of the molecule is O=C1S/C(=C/c2cccc(Br)c2)C(=O)N1CNc1ccccc1Cl. The second-order valence-corrected chi connectivity index (χ2v) is 7.30. The van der Waals surface area contributed by atoms with Gasteiger partial charge in [0.25, 0.3) is 11.1 Å². The van der Waals surface area contributed by atoms with E-state index in [0.29, 0.717) is 15.6 Å². The Labute approximate surface area is 157 Å². The molecule has 2 amide bonds. The standard InChI is InChI=1S/C17H12BrClN2O2S/c18-12-5-3-4-11(8-12)9-15-16(22)21(17(23)24-15)10-20-14-7-2-1-6-13(14)19/h1-9,20H,10H2/b15-9+. The van der Waals surface area contributed by atoms with Crippen LogP contribution in [-0.2, 0) is 4.79 Å². The Morgan fingerprint density at radius 2 is 1.96 bits per heavy atom. The molecular weight excluding hydrogens is 412 g/mol. The molecule has 0 spiro atoms. The predicted octanol–water partition coefficient (Wildman–Crippen LogP) is 5.21. The minimum Gasteiger partial charge on any atom is -0.366 e. The maximum Gasteiger partial charge on any atom is 0.295 e. The third kappa shape index (κ3) is 3.83. The molecule has 4 nitrogen and oxygen atoms in total. The monoisotopic (exact) mass is 422 g/mol. The van der Waals surface area contributed by atoms with Crippen molar-refractivity contribution in [2.24, 2.45) is 0 Å². The van der Waals surface area contributed by atoms with Crippen LogP contribution in [0.1, 0.15) is 5.56 Å². The van der Waals surface area contributed by atoms with E-state index in [2.05, 4.69) is 21.2 Å². The number of nitrogens with zero attached hydrogens (tertiary/aromatic N) is 1. The highest BCUT2D eigenvalue weighted by Gasteiger charge is 2.34. The van der Waals surface area contributed by atoms with E-state index < -0.39 is 0 Å². The summed E-state index contributed by atoms with van der Waals surface area (Å²) in [6.07, 6.45) is 1.71. The van der Waals surface area contributed by atoms with E-state index in [1.165, 1.54) is 0 Å². The number of amides is 2. The molecule has 0 aromatic heterocycles. The lowest BCUT2D eigenvalue weighted by atomic mass is 10.2. The first-order chi connectivity index (χ1) is 11.5. The lowest BCUT2D eigenvalue weighted by molar-refractivity contribution is -0.122. The fraction of sp³-hybridized carbons (Fsp3) is 0.0588. The van der Waals surface area contributed by atoms with E-state index in [0.717, 1.165) is 26.7 Å². The van der Waals surface area contributed by atoms with E-state index in [1.54, 1.807) is 18.2 Å². The quantitative estimate of drug-likeness (QED) is 0.686. The number of halogens is 2. The molecular formula is C17H12BrClN2O2S. The van der Waals surface area contributed by atoms with Crippen LogP contribution in [0.4, 0.5) is 10.5 Å². The molecule has 7 heteroatoms. The van der Waals surface area contributed by atoms with Crippen LogP contribution in [0.3, 0.4) is 0 Å². The average molecular weight is 424 g/mol. The number of hydrogen-bond acceptors (Lipinski definition) is 4. The third-order valence-corrected chi connectivity index (χ3v) is 5.05. The van der Waals surface area contributed by atoms with Crippen LogP contribution in [0.2, 0.25) is 5.02 Å². The molecule has 1 saturated heterocycles. The van der Waals surface area contributed by atoms with Crippen LogP contribution in [0.25, 0.3) is 6.08 Å². The lowest BCUT2D eigenvalue weighted by Crippen LogP contribution is -2.33. The van der Waals surface area contributed by atoms with E-state index in [-0.39, 0.29) is 17.8 Å². The zero-order valence-electron chi connectivity index (χ0n) is 12.3. The molecule has 1 fully saturated rings. The highest BCUT2D eigenvalue weighted by Crippen LogP contribution is 2.32. The number of hydrogen-bond donors (Lipinski definition) is 1. The van der Waals surface area contributed by atoms with E-state index in [1.807, 2.05) is 36.4 Å². The summed E-state index contributed by atoms with van der Waals surface area (Å²) in [6, 6.07) is 14.7. The van der Waals surface area contributed by atoms with Gasteiger partial charge in [0.1, 0.15) is 0 Å². The molecule has 0 saturated carbocycles. The number of rotatable bonds is 4. The van der Waals surface area contributed by atoms with Crippen LogP contribution < -0.4 is 5.32 Å². The first-order valence-electron chi connectivity index (χ1n) is 7.04. The molecule has 0 atom stereocenters. The molecule has 1 aliphatic heterocycles. The normalized spacial score (nSPS) is 16.1. The van der Waals surface area contributed by atoms with Crippen molar-refractivity contribution in [2.45, 2.75) is 0 Å². The van der Waals surface area contributed by atoms with Crippen molar-refractivity contribution >= 4 is 62.2 Å². The molecule has 2 aromatic carbocycles. The number of imide groups is 1. The summed E-state index contributed by atoms with van der Waals surface area (Å²) < 4.78 is 0.913. The molecule has 3 rings (SSSR count). The maximum absolute atomic E-state index is 12.4. The molecule has 0 bridgehead atoms. The van der Waals surface area contributed by atoms with Gasteiger partial charge >= 0.3 is 0 Å². The third-order valence-electron chi connectivity index (χ3n) is 3.32. The number of carbonyl (C=O) groups excluding carboxylic acids is 2. The average Bonchev–Trinajstić information content (AvgIpc) is 2.81. The Hall–Kier alpha value is -1.76. The van der Waals surface area contributed by atoms with Gasteiger partial charge in [-0.1, -0.05) is 51.8 Å². The maximum atomic E-state index is 12.4. The van der Waals surface area contributed by atoms with Crippen LogP contribution in [0.15, 0.2) is 57.9 Å². The van der Waals surface area contributed by atoms with Gasteiger partial charge < -0.3 is 5.32 Å². The van der Waals surface area contributed by atoms with Crippen LogP contribution >= 0.6 is 39.3 Å². The van der Waals surface area contributed by atoms with E-state index in [4.69, 9.17) is 11.6 Å². The van der Waals surface area contributed by atoms with Crippen molar-refractivity contribution < 1.29 is 9.59 Å². The predicted molar refractivity (Wildman–Crippen MR) is 102 cm³/mol. The van der Waals surface area contributed by atoms with Crippen LogP contribution in [-0.4, -0.2) is 22.7 Å². The molecule has 1 N–H and O–H groups in total. The van der Waals surface area contributed by atoms with Gasteiger partial charge in [0.2, 0.25) is 0 Å². The summed E-state index contributed by atoms with van der Waals surface area (Å²) in [4.78, 5) is 26.1. The Kier molecular flexibility index (Phi) is 5.28. The van der Waals surface area contributed by atoms with Gasteiger partial charge in [-0.2, -0.15) is 0 Å². The van der Waals surface area contributed by atoms with E-state index >= 15 is 0 Å². The highest BCUT2D eigenvalue weighted by molar-refractivity contribution is 9.10. The summed E-state index contributed by atoms with van der Waals surface area (Å²) in [5.41, 5.74) is 1.53. The molecule has 0 radical (unpaired) electrons. The first kappa shape index (κ1) is 17.1. The van der Waals surface area contributed by atoms with Crippen molar-refractivity contribution in [3.05, 3.63) is 68.5 Å². The smallest absolute Gasteiger partial charge is 0.295 e. The zero-order chi connectivity index (χ0) is 17.1. The summed E-state index contributed by atoms with van der Waals surface area (Å²) in [5.74, 6) is -0.315. The number of para-hydroxylation sites is 1. The second-order valence-electron chi connectivity index (χ2n) is 4.98. The zero-order valence-corrected chi connectivity index (χ0v) is 15.5. The van der Waals surface area contributed by atoms with Crippen molar-refractivity contribution in [2.75, 3.05) is 12.0 Å². The number of anilines is 1. The van der Waals surface area contributed by atoms with Gasteiger partial charge in [0, 0.05) is 4.47 Å². The Bertz CT molecular complexity index is 841. The Balaban J connectivity index is 1.73. The van der Waals surface area contributed by atoms with E-state index in [9.17, 15) is 9.59 Å². The summed E-state index contributed by atoms with van der Waals surface area (Å²) in [7, 11) is 0. The van der Waals surface area contributed by atoms with Crippen molar-refractivity contribution in [3.8, 4) is 0 Å². The van der Waals surface area contributed by atoms with Crippen molar-refractivity contribution in [3.63, 3.8) is 0 Å². The Morgan fingerprint density at radius 3 is 2.71 bits per heavy atom. The number of benzene rings is 2. The Morgan fingerprint density at radius 1 is 1.17 bits per heavy atom. The number of carbonyl (C=O) groups is 2. The van der Waals surface area contributed by atoms with Crippen molar-refractivity contribution in [1.29, 1.82) is 0 Å². The van der Waals surface area contributed by atoms with Gasteiger partial charge in [-0.3, -0.25) is 14.5 Å². The molecule has 1 heterocycles. The minimum atomic E-state index is -0.315. The molecule has 0 aliphatic carbocycles. The van der Waals surface area contributed by atoms with Gasteiger partial charge in [0.15, 0.2) is 0 Å². The largest absolute Gasteiger partial charge is 0.366 e. The fourth-order valence-corrected chi connectivity index (χ4v) is 3.61. The lowest BCUT2D eigenvalue weighted by Gasteiger charge is -2.15. The molecule has 0 unspecified atom stereocenters. The molecule has 24 heavy (non-hydrogen) atoms. The van der Waals surface area contributed by atoms with Gasteiger partial charge in [-0.15, -0.1) is 0 Å². The van der Waals surface area contributed by atoms with Crippen molar-refractivity contribution in [1.82, 2.24) is 4.90 Å². The highest BCUT2D eigenvalue weighted by atomic mass is 79.9. The number of nitrogens with one attached hydrogen (secondary N) is 1. The van der Waals surface area contributed by atoms with Gasteiger partial charge in [0.05, 0.1) is 22.3 Å². The molecule has 1 aliphatic rings. The second kappa shape index (κ2) is 7.42. The van der Waals surface area contributed by atoms with Crippen LogP contribution in [0.5, 0.6) is 0 Å². The van der Waals surface area contributed by atoms with Gasteiger partial charge in [-0.05, 0) is 47.7 Å². The summed E-state index contributed by atoms with van der Waals surface area (Å²) in [5, 5.41) is 3.24. The molecule has 122 valence electrons. The fourth-order valence-electron chi connectivity index (χ4n) is 2.15. The van der Waals surface area contributed by atoms with Crippen LogP contribution in [0, 0.1) is 0 Å². The summed E-state index contributed by atoms with van der Waals surface area (Å²) in [6.45, 7) is 0.0736. The topological polar surface area (TPSA) is 49.4 Å².